The summed E-state index contributed by atoms with van der Waals surface area (Å²) in [5, 5.41) is 4.08. The van der Waals surface area contributed by atoms with E-state index in [0.717, 1.165) is 24.2 Å². The summed E-state index contributed by atoms with van der Waals surface area (Å²) in [5.74, 6) is -0.420. The summed E-state index contributed by atoms with van der Waals surface area (Å²) < 4.78 is 12.5. The average Bonchev–Trinajstić information content (AvgIpc) is 2.86. The van der Waals surface area contributed by atoms with Gasteiger partial charge < -0.3 is 19.3 Å². The summed E-state index contributed by atoms with van der Waals surface area (Å²) in [7, 11) is 2.16. The molecule has 1 unspecified atom stereocenters. The highest BCUT2D eigenvalue weighted by molar-refractivity contribution is 6.42. The van der Waals surface area contributed by atoms with Gasteiger partial charge in [0, 0.05) is 31.7 Å². The molecule has 7 nitrogen and oxygen atoms in total. The first-order valence-electron chi connectivity index (χ1n) is 13.6. The van der Waals surface area contributed by atoms with Crippen molar-refractivity contribution in [3.05, 3.63) is 76.3 Å². The van der Waals surface area contributed by atoms with E-state index in [2.05, 4.69) is 18.9 Å². The van der Waals surface area contributed by atoms with Crippen LogP contribution < -0.4 is 10.1 Å². The van der Waals surface area contributed by atoms with E-state index in [0.29, 0.717) is 52.5 Å². The molecule has 0 bridgehead atoms. The second-order valence-electron chi connectivity index (χ2n) is 11.4. The number of nitrogens with zero attached hydrogens (tertiary/aromatic N) is 1. The number of rotatable bonds is 8. The maximum Gasteiger partial charge on any atom is 0.308 e. The highest BCUT2D eigenvalue weighted by Crippen LogP contribution is 2.55. The quantitative estimate of drug-likeness (QED) is 0.193. The summed E-state index contributed by atoms with van der Waals surface area (Å²) >= 11 is 12.2. The zero-order valence-corrected chi connectivity index (χ0v) is 24.8. The third kappa shape index (κ3) is 6.37. The average molecular weight is 589 g/mol. The molecule has 1 heterocycles. The topological polar surface area (TPSA) is 81.7 Å². The van der Waals surface area contributed by atoms with Crippen molar-refractivity contribution >= 4 is 41.0 Å². The largest absolute Gasteiger partial charge is 0.452 e. The van der Waals surface area contributed by atoms with Crippen molar-refractivity contribution in [2.45, 2.75) is 63.0 Å². The van der Waals surface area contributed by atoms with Gasteiger partial charge in [0.2, 0.25) is 5.91 Å². The van der Waals surface area contributed by atoms with Gasteiger partial charge in [-0.3, -0.25) is 14.4 Å². The molecule has 2 aliphatic rings. The molecule has 4 atom stereocenters. The Labute approximate surface area is 246 Å². The number of likely N-dealkylation sites (N-methyl/N-ethyl adjacent to an activating group) is 1. The summed E-state index contributed by atoms with van der Waals surface area (Å²) in [4.78, 5) is 37.5. The molecule has 2 fully saturated rings. The summed E-state index contributed by atoms with van der Waals surface area (Å²) in [6.07, 6.45) is 4.60. The molecular formula is C31H37Cl2N2O5+. The van der Waals surface area contributed by atoms with E-state index in [1.807, 2.05) is 24.3 Å². The number of piperidine rings is 1. The Hall–Kier alpha value is -2.87. The molecular weight excluding hydrogens is 551 g/mol. The molecule has 0 spiro atoms. The van der Waals surface area contributed by atoms with Crippen LogP contribution in [0.5, 0.6) is 5.75 Å². The van der Waals surface area contributed by atoms with Crippen molar-refractivity contribution in [1.82, 2.24) is 5.32 Å². The molecule has 4 rings (SSSR count). The first-order chi connectivity index (χ1) is 18.9. The fraction of sp³-hybridized carbons (Fsp3) is 0.452. The fourth-order valence-corrected chi connectivity index (χ4v) is 7.10. The van der Waals surface area contributed by atoms with Gasteiger partial charge in [-0.15, -0.1) is 0 Å². The van der Waals surface area contributed by atoms with Gasteiger partial charge in [-0.05, 0) is 60.7 Å². The highest BCUT2D eigenvalue weighted by Gasteiger charge is 2.64. The lowest BCUT2D eigenvalue weighted by molar-refractivity contribution is -0.917. The van der Waals surface area contributed by atoms with Crippen LogP contribution in [0.25, 0.3) is 0 Å². The Kier molecular flexibility index (Phi) is 8.98. The van der Waals surface area contributed by atoms with Crippen molar-refractivity contribution in [1.29, 1.82) is 0 Å². The van der Waals surface area contributed by atoms with Crippen molar-refractivity contribution in [3.63, 3.8) is 0 Å². The van der Waals surface area contributed by atoms with Gasteiger partial charge in [0.1, 0.15) is 12.3 Å². The molecule has 40 heavy (non-hydrogen) atoms. The summed E-state index contributed by atoms with van der Waals surface area (Å²) in [6, 6.07) is 12.5. The minimum Gasteiger partial charge on any atom is -0.452 e. The van der Waals surface area contributed by atoms with E-state index < -0.39 is 17.0 Å². The zero-order chi connectivity index (χ0) is 29.1. The molecule has 2 aromatic carbocycles. The summed E-state index contributed by atoms with van der Waals surface area (Å²) in [5.41, 5.74) is 0.291. The molecule has 1 amide bonds. The Bertz CT molecular complexity index is 1320. The Morgan fingerprint density at radius 1 is 1.10 bits per heavy atom. The van der Waals surface area contributed by atoms with Crippen LogP contribution in [-0.2, 0) is 31.0 Å². The summed E-state index contributed by atoms with van der Waals surface area (Å²) in [6.45, 7) is 8.96. The van der Waals surface area contributed by atoms with Crippen molar-refractivity contribution in [2.75, 3.05) is 26.7 Å². The van der Waals surface area contributed by atoms with Gasteiger partial charge in [0.15, 0.2) is 5.60 Å². The Morgan fingerprint density at radius 3 is 2.55 bits per heavy atom. The fourth-order valence-electron chi connectivity index (χ4n) is 6.78. The van der Waals surface area contributed by atoms with E-state index in [1.165, 1.54) is 13.8 Å². The SMILES string of the molecule is C=CC[N@@+]1(C)CC[C@@]2(c3cccc(OC(C)=O)c3)C[C@H](NC(=O)Cc3ccc(Cl)c(Cl)c3)CCC2(OC(C)=O)C1. The second kappa shape index (κ2) is 11.9. The number of carbonyl (C=O) groups excluding carboxylic acids is 3. The van der Waals surface area contributed by atoms with E-state index in [-0.39, 0.29) is 24.3 Å². The normalized spacial score (nSPS) is 27.7. The second-order valence-corrected chi connectivity index (χ2v) is 12.3. The van der Waals surface area contributed by atoms with Crippen LogP contribution in [0, 0.1) is 0 Å². The third-order valence-corrected chi connectivity index (χ3v) is 9.09. The molecule has 1 aliphatic carbocycles. The Balaban J connectivity index is 1.70. The van der Waals surface area contributed by atoms with Crippen molar-refractivity contribution in [3.8, 4) is 5.75 Å². The third-order valence-electron chi connectivity index (χ3n) is 8.35. The monoisotopic (exact) mass is 587 g/mol. The first kappa shape index (κ1) is 30.1. The van der Waals surface area contributed by atoms with Crippen molar-refractivity contribution in [2.24, 2.45) is 0 Å². The lowest BCUT2D eigenvalue weighted by Gasteiger charge is -2.60. The number of amides is 1. The lowest BCUT2D eigenvalue weighted by Crippen LogP contribution is -2.72. The van der Waals surface area contributed by atoms with Gasteiger partial charge in [0.05, 0.1) is 36.6 Å². The predicted molar refractivity (Wildman–Crippen MR) is 155 cm³/mol. The predicted octanol–water partition coefficient (Wildman–Crippen LogP) is 5.41. The molecule has 2 aromatic rings. The first-order valence-corrected chi connectivity index (χ1v) is 14.3. The molecule has 1 N–H and O–H groups in total. The van der Waals surface area contributed by atoms with Gasteiger partial charge in [-0.2, -0.15) is 0 Å². The van der Waals surface area contributed by atoms with Crippen LogP contribution in [0.1, 0.15) is 50.7 Å². The lowest BCUT2D eigenvalue weighted by atomic mass is 9.54. The zero-order valence-electron chi connectivity index (χ0n) is 23.3. The number of likely N-dealkylation sites (tertiary alicyclic amines) is 1. The van der Waals surface area contributed by atoms with Crippen LogP contribution in [0.2, 0.25) is 10.0 Å². The molecule has 0 radical (unpaired) electrons. The standard InChI is InChI=1S/C31H36Cl2N2O5/c1-5-14-35(4)15-13-30(24-7-6-8-26(18-24)39-21(2)36)19-25(11-12-31(30,20-35)40-22(3)37)34-29(38)17-23-9-10-27(32)28(33)16-23/h5-10,16,18,25H,1,11-15,17,19-20H2,2-4H3/p+1/t25-,30+,31?,35+/m1/s1. The van der Waals surface area contributed by atoms with Gasteiger partial charge in [0.25, 0.3) is 0 Å². The van der Waals surface area contributed by atoms with E-state index >= 15 is 0 Å². The number of hydrogen-bond acceptors (Lipinski definition) is 5. The van der Waals surface area contributed by atoms with E-state index in [1.54, 1.807) is 24.3 Å². The maximum atomic E-state index is 13.2. The Morgan fingerprint density at radius 2 is 1.88 bits per heavy atom. The number of quaternary nitrogens is 1. The van der Waals surface area contributed by atoms with E-state index in [9.17, 15) is 14.4 Å². The van der Waals surface area contributed by atoms with Gasteiger partial charge in [-0.25, -0.2) is 0 Å². The number of fused-ring (bicyclic) bond motifs is 1. The van der Waals surface area contributed by atoms with Crippen LogP contribution in [0.3, 0.4) is 0 Å². The van der Waals surface area contributed by atoms with Gasteiger partial charge in [-0.1, -0.05) is 48.0 Å². The number of carbonyl (C=O) groups is 3. The molecule has 214 valence electrons. The van der Waals surface area contributed by atoms with Gasteiger partial charge >= 0.3 is 11.9 Å². The number of benzene rings is 2. The number of nitrogens with one attached hydrogen (secondary N) is 1. The molecule has 1 saturated carbocycles. The minimum atomic E-state index is -0.811. The number of hydrogen-bond donors (Lipinski definition) is 1. The number of esters is 2. The highest BCUT2D eigenvalue weighted by atomic mass is 35.5. The van der Waals surface area contributed by atoms with Crippen LogP contribution in [-0.4, -0.2) is 60.7 Å². The smallest absolute Gasteiger partial charge is 0.308 e. The van der Waals surface area contributed by atoms with Crippen LogP contribution in [0.4, 0.5) is 0 Å². The molecule has 1 saturated heterocycles. The maximum absolute atomic E-state index is 13.2. The molecule has 0 aromatic heterocycles. The molecule has 1 aliphatic heterocycles. The number of halogens is 2. The molecule has 9 heteroatoms. The number of ether oxygens (including phenoxy) is 2. The van der Waals surface area contributed by atoms with Crippen LogP contribution >= 0.6 is 23.2 Å². The minimum absolute atomic E-state index is 0.115. The van der Waals surface area contributed by atoms with E-state index in [4.69, 9.17) is 32.7 Å². The van der Waals surface area contributed by atoms with Crippen molar-refractivity contribution < 1.29 is 28.3 Å². The van der Waals surface area contributed by atoms with Crippen LogP contribution in [0.15, 0.2) is 55.1 Å².